The minimum Gasteiger partial charge on any atom is -0.494 e. The van der Waals surface area contributed by atoms with E-state index in [1.165, 1.54) is 11.1 Å². The number of rotatable bonds is 7. The second-order valence-corrected chi connectivity index (χ2v) is 7.21. The third-order valence-electron chi connectivity index (χ3n) is 5.09. The van der Waals surface area contributed by atoms with E-state index in [9.17, 15) is 4.79 Å². The first-order valence-electron chi connectivity index (χ1n) is 10.2. The molecule has 0 fully saturated rings. The van der Waals surface area contributed by atoms with E-state index < -0.39 is 0 Å². The predicted molar refractivity (Wildman–Crippen MR) is 120 cm³/mol. The molecule has 3 aromatic carbocycles. The molecule has 4 rings (SSSR count). The van der Waals surface area contributed by atoms with Crippen LogP contribution < -0.4 is 10.1 Å². The van der Waals surface area contributed by atoms with Crippen molar-refractivity contribution in [1.82, 2.24) is 9.55 Å². The number of hydrogen-bond donors (Lipinski definition) is 1. The van der Waals surface area contributed by atoms with Crippen LogP contribution in [0.4, 0.5) is 5.69 Å². The number of nitrogens with one attached hydrogen (secondary N) is 1. The molecule has 0 aliphatic carbocycles. The third-order valence-corrected chi connectivity index (χ3v) is 5.09. The number of hydrogen-bond acceptors (Lipinski definition) is 3. The molecule has 0 radical (unpaired) electrons. The van der Waals surface area contributed by atoms with E-state index in [1.54, 1.807) is 0 Å². The lowest BCUT2D eigenvalue weighted by Crippen LogP contribution is -2.20. The molecular weight excluding hydrogens is 374 g/mol. The van der Waals surface area contributed by atoms with Gasteiger partial charge in [-0.25, -0.2) is 4.98 Å². The molecule has 0 atom stereocenters. The number of aromatic nitrogens is 2. The molecule has 1 amide bonds. The van der Waals surface area contributed by atoms with E-state index in [2.05, 4.69) is 24.4 Å². The molecule has 0 spiro atoms. The number of amides is 1. The fourth-order valence-electron chi connectivity index (χ4n) is 3.56. The van der Waals surface area contributed by atoms with E-state index in [0.29, 0.717) is 13.0 Å². The maximum atomic E-state index is 12.8. The highest BCUT2D eigenvalue weighted by Crippen LogP contribution is 2.21. The van der Waals surface area contributed by atoms with Gasteiger partial charge in [0.1, 0.15) is 18.1 Å². The highest BCUT2D eigenvalue weighted by molar-refractivity contribution is 5.91. The second kappa shape index (κ2) is 8.82. The summed E-state index contributed by atoms with van der Waals surface area (Å²) in [7, 11) is 0. The first-order chi connectivity index (χ1) is 14.6. The topological polar surface area (TPSA) is 56.1 Å². The average molecular weight is 399 g/mol. The molecule has 30 heavy (non-hydrogen) atoms. The molecule has 0 bridgehead atoms. The Hall–Kier alpha value is -3.60. The van der Waals surface area contributed by atoms with Crippen molar-refractivity contribution in [3.8, 4) is 5.75 Å². The Morgan fingerprint density at radius 2 is 1.73 bits per heavy atom. The minimum absolute atomic E-state index is 0.0895. The highest BCUT2D eigenvalue weighted by atomic mass is 16.5. The molecule has 152 valence electrons. The normalized spacial score (nSPS) is 10.9. The van der Waals surface area contributed by atoms with E-state index in [0.717, 1.165) is 28.3 Å². The van der Waals surface area contributed by atoms with E-state index in [1.807, 2.05) is 72.2 Å². The fourth-order valence-corrected chi connectivity index (χ4v) is 3.56. The van der Waals surface area contributed by atoms with Crippen molar-refractivity contribution in [3.05, 3.63) is 89.7 Å². The van der Waals surface area contributed by atoms with Crippen molar-refractivity contribution < 1.29 is 9.53 Å². The van der Waals surface area contributed by atoms with Gasteiger partial charge < -0.3 is 14.6 Å². The fraction of sp³-hybridized carbons (Fsp3) is 0.200. The summed E-state index contributed by atoms with van der Waals surface area (Å²) in [5.74, 6) is 1.58. The van der Waals surface area contributed by atoms with Gasteiger partial charge in [0.25, 0.3) is 0 Å². The molecular formula is C25H25N3O2. The van der Waals surface area contributed by atoms with Crippen LogP contribution in [0.1, 0.15) is 23.9 Å². The van der Waals surface area contributed by atoms with Crippen LogP contribution in [0.2, 0.25) is 0 Å². The molecule has 4 aromatic rings. The highest BCUT2D eigenvalue weighted by Gasteiger charge is 2.15. The summed E-state index contributed by atoms with van der Waals surface area (Å²) >= 11 is 0. The summed E-state index contributed by atoms with van der Waals surface area (Å²) in [4.78, 5) is 17.6. The van der Waals surface area contributed by atoms with Crippen molar-refractivity contribution in [2.75, 3.05) is 11.9 Å². The quantitative estimate of drug-likeness (QED) is 0.477. The first-order valence-corrected chi connectivity index (χ1v) is 10.2. The number of nitrogens with zero attached hydrogens (tertiary/aromatic N) is 2. The lowest BCUT2D eigenvalue weighted by molar-refractivity contribution is -0.116. The Balaban J connectivity index is 1.58. The number of carbonyl (C=O) groups excluding carboxylic acids is 1. The lowest BCUT2D eigenvalue weighted by Gasteiger charge is -2.12. The number of ether oxygens (including phenoxy) is 1. The van der Waals surface area contributed by atoms with Crippen LogP contribution in [0.5, 0.6) is 5.75 Å². The SMILES string of the molecule is CCOc1ccc(NC(=O)Cn2c(Cc3ccccc3C)nc3ccccc32)cc1. The number of para-hydroxylation sites is 2. The van der Waals surface area contributed by atoms with Gasteiger partial charge >= 0.3 is 0 Å². The van der Waals surface area contributed by atoms with Gasteiger partial charge in [-0.2, -0.15) is 0 Å². The van der Waals surface area contributed by atoms with E-state index in [4.69, 9.17) is 9.72 Å². The van der Waals surface area contributed by atoms with Crippen LogP contribution in [-0.2, 0) is 17.8 Å². The molecule has 5 nitrogen and oxygen atoms in total. The van der Waals surface area contributed by atoms with Gasteiger partial charge in [-0.05, 0) is 61.4 Å². The zero-order valence-electron chi connectivity index (χ0n) is 17.3. The van der Waals surface area contributed by atoms with Crippen LogP contribution in [0.3, 0.4) is 0 Å². The maximum absolute atomic E-state index is 12.8. The summed E-state index contributed by atoms with van der Waals surface area (Å²) in [5, 5.41) is 2.97. The van der Waals surface area contributed by atoms with Gasteiger partial charge in [0, 0.05) is 12.1 Å². The Labute approximate surface area is 176 Å². The third kappa shape index (κ3) is 4.35. The average Bonchev–Trinajstić information content (AvgIpc) is 3.08. The molecule has 0 unspecified atom stereocenters. The summed E-state index contributed by atoms with van der Waals surface area (Å²) in [5.41, 5.74) is 5.03. The number of aryl methyl sites for hydroxylation is 1. The molecule has 1 aromatic heterocycles. The van der Waals surface area contributed by atoms with Crippen molar-refractivity contribution in [2.45, 2.75) is 26.8 Å². The van der Waals surface area contributed by atoms with Crippen molar-refractivity contribution >= 4 is 22.6 Å². The van der Waals surface area contributed by atoms with Gasteiger partial charge in [-0.1, -0.05) is 36.4 Å². The minimum atomic E-state index is -0.0895. The van der Waals surface area contributed by atoms with Gasteiger partial charge in [-0.3, -0.25) is 4.79 Å². The van der Waals surface area contributed by atoms with Gasteiger partial charge in [-0.15, -0.1) is 0 Å². The number of carbonyl (C=O) groups is 1. The lowest BCUT2D eigenvalue weighted by atomic mass is 10.1. The Morgan fingerprint density at radius 3 is 2.50 bits per heavy atom. The van der Waals surface area contributed by atoms with Crippen molar-refractivity contribution in [2.24, 2.45) is 0 Å². The maximum Gasteiger partial charge on any atom is 0.244 e. The number of fused-ring (bicyclic) bond motifs is 1. The Morgan fingerprint density at radius 1 is 1.00 bits per heavy atom. The smallest absolute Gasteiger partial charge is 0.244 e. The molecule has 0 saturated heterocycles. The molecule has 1 heterocycles. The first kappa shape index (κ1) is 19.7. The van der Waals surface area contributed by atoms with Crippen LogP contribution in [0.15, 0.2) is 72.8 Å². The van der Waals surface area contributed by atoms with Crippen molar-refractivity contribution in [3.63, 3.8) is 0 Å². The predicted octanol–water partition coefficient (Wildman–Crippen LogP) is 4.97. The standard InChI is InChI=1S/C25H25N3O2/c1-3-30-21-14-12-20(13-15-21)26-25(29)17-28-23-11-7-6-10-22(23)27-24(28)16-19-9-5-4-8-18(19)2/h4-15H,3,16-17H2,1-2H3,(H,26,29). The molecule has 5 heteroatoms. The van der Waals surface area contributed by atoms with E-state index >= 15 is 0 Å². The molecule has 0 aliphatic rings. The summed E-state index contributed by atoms with van der Waals surface area (Å²) < 4.78 is 7.46. The summed E-state index contributed by atoms with van der Waals surface area (Å²) in [6.07, 6.45) is 0.678. The zero-order valence-corrected chi connectivity index (χ0v) is 17.3. The number of benzene rings is 3. The van der Waals surface area contributed by atoms with Crippen LogP contribution in [-0.4, -0.2) is 22.1 Å². The van der Waals surface area contributed by atoms with Crippen LogP contribution >= 0.6 is 0 Å². The molecule has 1 N–H and O–H groups in total. The van der Waals surface area contributed by atoms with Gasteiger partial charge in [0.2, 0.25) is 5.91 Å². The van der Waals surface area contributed by atoms with Gasteiger partial charge in [0.05, 0.1) is 17.6 Å². The number of anilines is 1. The largest absolute Gasteiger partial charge is 0.494 e. The van der Waals surface area contributed by atoms with Crippen LogP contribution in [0, 0.1) is 6.92 Å². The Kier molecular flexibility index (Phi) is 5.80. The Bertz CT molecular complexity index is 1160. The van der Waals surface area contributed by atoms with E-state index in [-0.39, 0.29) is 12.5 Å². The van der Waals surface area contributed by atoms with Crippen LogP contribution in [0.25, 0.3) is 11.0 Å². The number of imidazole rings is 1. The second-order valence-electron chi connectivity index (χ2n) is 7.21. The summed E-state index contributed by atoms with van der Waals surface area (Å²) in [6.45, 7) is 4.86. The molecule has 0 aliphatic heterocycles. The molecule has 0 saturated carbocycles. The zero-order chi connectivity index (χ0) is 20.9. The van der Waals surface area contributed by atoms with Crippen molar-refractivity contribution in [1.29, 1.82) is 0 Å². The van der Waals surface area contributed by atoms with Gasteiger partial charge in [0.15, 0.2) is 0 Å². The summed E-state index contributed by atoms with van der Waals surface area (Å²) in [6, 6.07) is 23.6. The monoisotopic (exact) mass is 399 g/mol.